The fraction of sp³-hybridized carbons (Fsp3) is 0.138. The number of allylic oxidation sites excluding steroid dienone is 4. The molecule has 2 nitrogen and oxygen atoms in total. The Bertz CT molecular complexity index is 1330. The first-order valence-electron chi connectivity index (χ1n) is 11.2. The molecule has 0 fully saturated rings. The van der Waals surface area contributed by atoms with E-state index in [1.165, 1.54) is 4.91 Å². The second kappa shape index (κ2) is 13.4. The summed E-state index contributed by atoms with van der Waals surface area (Å²) in [6.45, 7) is 0. The minimum absolute atomic E-state index is 0.724. The summed E-state index contributed by atoms with van der Waals surface area (Å²) in [6.07, 6.45) is 15.6. The Morgan fingerprint density at radius 2 is 1.57 bits per heavy atom. The van der Waals surface area contributed by atoms with Crippen LogP contribution >= 0.6 is 35.0 Å². The van der Waals surface area contributed by atoms with E-state index >= 15 is 0 Å². The summed E-state index contributed by atoms with van der Waals surface area (Å²) >= 11 is 15.6. The zero-order chi connectivity index (χ0) is 24.3. The third-order valence-corrected chi connectivity index (χ3v) is 7.77. The van der Waals surface area contributed by atoms with Gasteiger partial charge in [-0.1, -0.05) is 47.5 Å². The molecular weight excluding hydrogens is 511 g/mol. The minimum Gasteiger partial charge on any atom is -0.259 e. The number of hydrogen-bond donors (Lipinski definition) is 0. The zero-order valence-electron chi connectivity index (χ0n) is 19.0. The van der Waals surface area contributed by atoms with E-state index in [0.717, 1.165) is 61.8 Å². The van der Waals surface area contributed by atoms with Gasteiger partial charge in [0.2, 0.25) is 0 Å². The van der Waals surface area contributed by atoms with Gasteiger partial charge in [0.15, 0.2) is 17.1 Å². The molecule has 0 radical (unpaired) electrons. The van der Waals surface area contributed by atoms with Crippen LogP contribution in [-0.4, -0.2) is 28.8 Å². The van der Waals surface area contributed by atoms with Crippen molar-refractivity contribution in [3.05, 3.63) is 128 Å². The third kappa shape index (κ3) is 8.19. The van der Waals surface area contributed by atoms with Gasteiger partial charge in [-0.25, -0.2) is 0 Å². The maximum absolute atomic E-state index is 5.97. The van der Waals surface area contributed by atoms with Crippen LogP contribution in [0, 0.1) is 0 Å². The molecule has 0 bridgehead atoms. The van der Waals surface area contributed by atoms with Gasteiger partial charge in [0.1, 0.15) is 5.70 Å². The van der Waals surface area contributed by atoms with E-state index in [1.807, 2.05) is 114 Å². The molecule has 2 aliphatic rings. The molecule has 174 valence electrons. The molecule has 0 saturated heterocycles. The van der Waals surface area contributed by atoms with Crippen LogP contribution < -0.4 is 0 Å². The summed E-state index contributed by atoms with van der Waals surface area (Å²) in [5, 5.41) is 1.45. The van der Waals surface area contributed by atoms with E-state index < -0.39 is 0 Å². The number of hydrogen-bond acceptors (Lipinski definition) is 3. The predicted octanol–water partition coefficient (Wildman–Crippen LogP) is 7.85. The molecule has 0 heterocycles. The van der Waals surface area contributed by atoms with Crippen LogP contribution in [0.3, 0.4) is 0 Å². The number of benzene rings is 2. The average molecular weight is 535 g/mol. The van der Waals surface area contributed by atoms with E-state index in [0.29, 0.717) is 0 Å². The topological polar surface area (TPSA) is 24.7 Å². The van der Waals surface area contributed by atoms with Crippen LogP contribution in [0.2, 0.25) is 10.0 Å². The lowest BCUT2D eigenvalue weighted by molar-refractivity contribution is 1.12. The molecule has 0 unspecified atom stereocenters. The molecule has 0 aliphatic heterocycles. The molecule has 6 heteroatoms. The van der Waals surface area contributed by atoms with Crippen molar-refractivity contribution in [1.82, 2.24) is 0 Å². The van der Waals surface area contributed by atoms with Crippen LogP contribution in [0.1, 0.15) is 24.0 Å². The molecule has 0 aromatic heterocycles. The lowest BCUT2D eigenvalue weighted by Crippen LogP contribution is -2.03. The number of halogens is 2. The molecule has 4 rings (SSSR count). The largest absolute Gasteiger partial charge is 0.259 e. The van der Waals surface area contributed by atoms with Gasteiger partial charge in [-0.2, -0.15) is 0 Å². The molecule has 0 N–H and O–H groups in total. The van der Waals surface area contributed by atoms with E-state index in [9.17, 15) is 0 Å². The summed E-state index contributed by atoms with van der Waals surface area (Å²) in [7, 11) is 0. The summed E-state index contributed by atoms with van der Waals surface area (Å²) in [5.41, 5.74) is 10.5. The van der Waals surface area contributed by atoms with Crippen LogP contribution in [0.5, 0.6) is 0 Å². The van der Waals surface area contributed by atoms with Crippen molar-refractivity contribution in [2.75, 3.05) is 11.5 Å². The number of thioether (sulfide) groups is 1. The Hall–Kier alpha value is -2.68. The van der Waals surface area contributed by atoms with Crippen LogP contribution in [0.4, 0.5) is 0 Å². The smallest absolute Gasteiger partial charge is 0.257 e. The van der Waals surface area contributed by atoms with Gasteiger partial charge in [0.05, 0.1) is 5.70 Å². The second-order valence-electron chi connectivity index (χ2n) is 7.59. The highest BCUT2D eigenvalue weighted by Crippen LogP contribution is 2.27. The summed E-state index contributed by atoms with van der Waals surface area (Å²) in [4.78, 5) is 11.7. The van der Waals surface area contributed by atoms with Crippen LogP contribution in [0.15, 0.2) is 117 Å². The molecular formula is C29H23Cl2N2S2+. The monoisotopic (exact) mass is 533 g/mol. The maximum Gasteiger partial charge on any atom is 0.257 e. The Labute approximate surface area is 224 Å². The molecule has 2 aromatic rings. The summed E-state index contributed by atoms with van der Waals surface area (Å²) in [5.74, 6) is 2.02. The number of aliphatic imine (C=N–C) groups is 2. The normalized spacial score (nSPS) is 16.3. The fourth-order valence-corrected chi connectivity index (χ4v) is 5.49. The van der Waals surface area contributed by atoms with Crippen molar-refractivity contribution >= 4 is 63.6 Å². The Morgan fingerprint density at radius 3 is 2.29 bits per heavy atom. The highest BCUT2D eigenvalue weighted by Gasteiger charge is 2.14. The Morgan fingerprint density at radius 1 is 0.886 bits per heavy atom. The van der Waals surface area contributed by atoms with Gasteiger partial charge in [0.25, 0.3) is 4.86 Å². The highest BCUT2D eigenvalue weighted by atomic mass is 35.5. The van der Waals surface area contributed by atoms with E-state index in [2.05, 4.69) is 16.5 Å². The first-order chi connectivity index (χ1) is 17.2. The van der Waals surface area contributed by atoms with Gasteiger partial charge in [0, 0.05) is 52.1 Å². The SMILES string of the molecule is Clc1ccc(C=NC2=CC=C=CC2=[S+]CCCSC2=C(N=Cc3ccc(Cl)cc3)CC=C=C2)cc1. The Kier molecular flexibility index (Phi) is 9.74. The van der Waals surface area contributed by atoms with Gasteiger partial charge in [-0.15, -0.1) is 23.2 Å². The first-order valence-corrected chi connectivity index (χ1v) is 13.9. The first kappa shape index (κ1) is 25.4. The van der Waals surface area contributed by atoms with Crippen molar-refractivity contribution < 1.29 is 0 Å². The standard InChI is InChI=1S/C29H23Cl2N2S2/c30-24-14-10-22(11-15-24)20-32-26-6-1-3-8-28(26)34-18-5-19-35-29-9-4-2-7-27(29)33-21-23-12-16-25(31)17-13-23/h1-2,6,8-17,20-21H,5,7,18-19H2/q+1. The van der Waals surface area contributed by atoms with Crippen molar-refractivity contribution in [2.45, 2.75) is 12.8 Å². The molecule has 0 saturated carbocycles. The van der Waals surface area contributed by atoms with Crippen molar-refractivity contribution in [2.24, 2.45) is 9.98 Å². The second-order valence-corrected chi connectivity index (χ2v) is 10.7. The minimum atomic E-state index is 0.724. The van der Waals surface area contributed by atoms with Crippen LogP contribution in [0.25, 0.3) is 0 Å². The lowest BCUT2D eigenvalue weighted by atomic mass is 10.2. The summed E-state index contributed by atoms with van der Waals surface area (Å²) in [6, 6.07) is 15.4. The lowest BCUT2D eigenvalue weighted by Gasteiger charge is -2.08. The molecule has 35 heavy (non-hydrogen) atoms. The van der Waals surface area contributed by atoms with Crippen molar-refractivity contribution in [3.8, 4) is 0 Å². The highest BCUT2D eigenvalue weighted by molar-refractivity contribution is 8.03. The van der Waals surface area contributed by atoms with Gasteiger partial charge in [-0.3, -0.25) is 9.98 Å². The molecule has 2 aromatic carbocycles. The average Bonchev–Trinajstić information content (AvgIpc) is 2.89. The predicted molar refractivity (Wildman–Crippen MR) is 157 cm³/mol. The molecule has 0 amide bonds. The van der Waals surface area contributed by atoms with Gasteiger partial charge in [-0.05, 0) is 59.7 Å². The third-order valence-electron chi connectivity index (χ3n) is 4.98. The van der Waals surface area contributed by atoms with Crippen molar-refractivity contribution in [3.63, 3.8) is 0 Å². The molecule has 2 aliphatic carbocycles. The van der Waals surface area contributed by atoms with Crippen molar-refractivity contribution in [1.29, 1.82) is 0 Å². The van der Waals surface area contributed by atoms with Gasteiger partial charge < -0.3 is 0 Å². The van der Waals surface area contributed by atoms with E-state index in [1.54, 1.807) is 0 Å². The molecule has 0 spiro atoms. The Balaban J connectivity index is 1.31. The fourth-order valence-electron chi connectivity index (χ4n) is 3.16. The van der Waals surface area contributed by atoms with Crippen LogP contribution in [-0.2, 0) is 11.4 Å². The number of nitrogens with zero attached hydrogens (tertiary/aromatic N) is 2. The molecule has 0 atom stereocenters. The zero-order valence-corrected chi connectivity index (χ0v) is 22.1. The summed E-state index contributed by atoms with van der Waals surface area (Å²) < 4.78 is 0. The number of rotatable bonds is 9. The van der Waals surface area contributed by atoms with E-state index in [4.69, 9.17) is 28.2 Å². The van der Waals surface area contributed by atoms with E-state index in [-0.39, 0.29) is 0 Å². The van der Waals surface area contributed by atoms with Gasteiger partial charge >= 0.3 is 0 Å². The maximum atomic E-state index is 5.97. The quantitative estimate of drug-likeness (QED) is 0.106.